The average Bonchev–Trinajstić information content (AvgIpc) is 3.24. The minimum atomic E-state index is -3.75. The normalized spacial score (nSPS) is 13.7. The number of aryl methyl sites for hydroxylation is 1. The van der Waals surface area contributed by atoms with Gasteiger partial charge in [0.25, 0.3) is 15.9 Å². The lowest BCUT2D eigenvalue weighted by Gasteiger charge is -2.16. The maximum absolute atomic E-state index is 12.6. The molecule has 1 fully saturated rings. The van der Waals surface area contributed by atoms with Gasteiger partial charge in [-0.25, -0.2) is 8.42 Å². The molecule has 0 bridgehead atoms. The van der Waals surface area contributed by atoms with Gasteiger partial charge < -0.3 is 10.2 Å². The number of carbonyl (C=O) groups excluding carboxylic acids is 2. The summed E-state index contributed by atoms with van der Waals surface area (Å²) in [6.07, 6.45) is 1.45. The molecule has 4 rings (SSSR count). The fourth-order valence-electron chi connectivity index (χ4n) is 3.65. The summed E-state index contributed by atoms with van der Waals surface area (Å²) in [7, 11) is -3.75. The first kappa shape index (κ1) is 22.5. The molecule has 3 aromatic carbocycles. The molecule has 33 heavy (non-hydrogen) atoms. The molecule has 0 aromatic heterocycles. The lowest BCUT2D eigenvalue weighted by atomic mass is 10.1. The Bertz CT molecular complexity index is 1270. The molecule has 7 nitrogen and oxygen atoms in total. The van der Waals surface area contributed by atoms with Crippen LogP contribution in [0.2, 0.25) is 0 Å². The minimum Gasteiger partial charge on any atom is -0.348 e. The van der Waals surface area contributed by atoms with Crippen LogP contribution in [-0.2, 0) is 21.4 Å². The summed E-state index contributed by atoms with van der Waals surface area (Å²) in [4.78, 5) is 26.4. The van der Waals surface area contributed by atoms with Gasteiger partial charge in [-0.15, -0.1) is 0 Å². The summed E-state index contributed by atoms with van der Waals surface area (Å²) in [5.41, 5.74) is 3.38. The highest BCUT2D eigenvalue weighted by Gasteiger charge is 2.21. The molecule has 8 heteroatoms. The molecule has 2 amide bonds. The van der Waals surface area contributed by atoms with Crippen molar-refractivity contribution in [3.8, 4) is 0 Å². The van der Waals surface area contributed by atoms with Crippen LogP contribution in [0, 0.1) is 6.92 Å². The first-order chi connectivity index (χ1) is 15.8. The van der Waals surface area contributed by atoms with Crippen LogP contribution in [0.25, 0.3) is 0 Å². The zero-order valence-electron chi connectivity index (χ0n) is 18.2. The Morgan fingerprint density at radius 1 is 1.00 bits per heavy atom. The minimum absolute atomic E-state index is 0.133. The van der Waals surface area contributed by atoms with Gasteiger partial charge in [-0.2, -0.15) is 0 Å². The van der Waals surface area contributed by atoms with Crippen LogP contribution in [0.1, 0.15) is 34.3 Å². The van der Waals surface area contributed by atoms with Gasteiger partial charge in [0.1, 0.15) is 0 Å². The molecule has 1 aliphatic heterocycles. The fraction of sp³-hybridized carbons (Fsp3) is 0.200. The Labute approximate surface area is 193 Å². The van der Waals surface area contributed by atoms with E-state index < -0.39 is 10.0 Å². The second-order valence-electron chi connectivity index (χ2n) is 8.00. The summed E-state index contributed by atoms with van der Waals surface area (Å²) in [6.45, 7) is 2.93. The third-order valence-electron chi connectivity index (χ3n) is 5.48. The Kier molecular flexibility index (Phi) is 6.46. The second kappa shape index (κ2) is 9.46. The first-order valence-corrected chi connectivity index (χ1v) is 12.2. The van der Waals surface area contributed by atoms with Crippen LogP contribution < -0.4 is 14.9 Å². The monoisotopic (exact) mass is 463 g/mol. The Balaban J connectivity index is 1.38. The van der Waals surface area contributed by atoms with Crippen LogP contribution >= 0.6 is 0 Å². The quantitative estimate of drug-likeness (QED) is 0.556. The van der Waals surface area contributed by atoms with Crippen molar-refractivity contribution in [3.05, 3.63) is 89.5 Å². The number of hydrogen-bond donors (Lipinski definition) is 2. The van der Waals surface area contributed by atoms with E-state index in [1.165, 1.54) is 6.07 Å². The van der Waals surface area contributed by atoms with Crippen molar-refractivity contribution in [3.63, 3.8) is 0 Å². The molecule has 3 aromatic rings. The van der Waals surface area contributed by atoms with Gasteiger partial charge >= 0.3 is 0 Å². The molecule has 1 saturated heterocycles. The summed E-state index contributed by atoms with van der Waals surface area (Å²) < 4.78 is 27.7. The van der Waals surface area contributed by atoms with Gasteiger partial charge in [-0.05, 0) is 61.4 Å². The van der Waals surface area contributed by atoms with Gasteiger partial charge in [0.2, 0.25) is 5.91 Å². The third kappa shape index (κ3) is 5.40. The highest BCUT2D eigenvalue weighted by atomic mass is 32.2. The Morgan fingerprint density at radius 3 is 2.39 bits per heavy atom. The van der Waals surface area contributed by atoms with Crippen molar-refractivity contribution in [2.24, 2.45) is 0 Å². The number of anilines is 2. The van der Waals surface area contributed by atoms with Crippen LogP contribution in [-0.4, -0.2) is 26.8 Å². The van der Waals surface area contributed by atoms with Gasteiger partial charge in [0.15, 0.2) is 0 Å². The predicted octanol–water partition coefficient (Wildman–Crippen LogP) is 3.85. The van der Waals surface area contributed by atoms with Gasteiger partial charge in [-0.3, -0.25) is 14.3 Å². The van der Waals surface area contributed by atoms with Gasteiger partial charge in [0, 0.05) is 36.4 Å². The van der Waals surface area contributed by atoms with E-state index in [0.29, 0.717) is 24.2 Å². The Morgan fingerprint density at radius 2 is 1.73 bits per heavy atom. The van der Waals surface area contributed by atoms with Crippen LogP contribution in [0.5, 0.6) is 0 Å². The second-order valence-corrected chi connectivity index (χ2v) is 9.68. The number of carbonyl (C=O) groups is 2. The van der Waals surface area contributed by atoms with E-state index in [2.05, 4.69) is 10.0 Å². The van der Waals surface area contributed by atoms with E-state index in [1.807, 2.05) is 31.2 Å². The topological polar surface area (TPSA) is 95.6 Å². The number of sulfonamides is 1. The zero-order chi connectivity index (χ0) is 23.4. The van der Waals surface area contributed by atoms with Crippen molar-refractivity contribution in [2.75, 3.05) is 16.2 Å². The van der Waals surface area contributed by atoms with E-state index >= 15 is 0 Å². The number of nitrogens with one attached hydrogen (secondary N) is 2. The third-order valence-corrected chi connectivity index (χ3v) is 6.88. The molecule has 2 N–H and O–H groups in total. The van der Waals surface area contributed by atoms with E-state index in [1.54, 1.807) is 47.4 Å². The maximum Gasteiger partial charge on any atom is 0.261 e. The molecule has 1 aliphatic rings. The van der Waals surface area contributed by atoms with Crippen LogP contribution in [0.15, 0.2) is 77.7 Å². The van der Waals surface area contributed by atoms with Crippen molar-refractivity contribution in [1.82, 2.24) is 5.32 Å². The molecule has 0 unspecified atom stereocenters. The smallest absolute Gasteiger partial charge is 0.261 e. The number of nitrogens with zero attached hydrogens (tertiary/aromatic N) is 1. The standard InChI is InChI=1S/C25H25N3O4S/c1-18-7-13-23(14-8-18)33(31,32)27-21-5-2-4-20(16-21)25(30)26-17-19-9-11-22(12-10-19)28-15-3-6-24(28)29/h2,4-5,7-14,16,27H,3,6,15,17H2,1H3,(H,26,30). The zero-order valence-corrected chi connectivity index (χ0v) is 19.1. The van der Waals surface area contributed by atoms with Gasteiger partial charge in [0.05, 0.1) is 4.90 Å². The summed E-state index contributed by atoms with van der Waals surface area (Å²) in [6, 6.07) is 20.4. The molecule has 1 heterocycles. The van der Waals surface area contributed by atoms with Gasteiger partial charge in [-0.1, -0.05) is 35.9 Å². The van der Waals surface area contributed by atoms with E-state index in [4.69, 9.17) is 0 Å². The van der Waals surface area contributed by atoms with Crippen LogP contribution in [0.4, 0.5) is 11.4 Å². The number of amides is 2. The van der Waals surface area contributed by atoms with E-state index in [-0.39, 0.29) is 16.7 Å². The van der Waals surface area contributed by atoms with E-state index in [9.17, 15) is 18.0 Å². The van der Waals surface area contributed by atoms with Crippen molar-refractivity contribution >= 4 is 33.2 Å². The molecule has 0 spiro atoms. The Hall–Kier alpha value is -3.65. The summed E-state index contributed by atoms with van der Waals surface area (Å²) >= 11 is 0. The lowest BCUT2D eigenvalue weighted by Crippen LogP contribution is -2.24. The fourth-order valence-corrected chi connectivity index (χ4v) is 4.70. The number of benzene rings is 3. The number of hydrogen-bond acceptors (Lipinski definition) is 4. The number of rotatable bonds is 7. The lowest BCUT2D eigenvalue weighted by molar-refractivity contribution is -0.117. The highest BCUT2D eigenvalue weighted by Crippen LogP contribution is 2.22. The molecule has 0 atom stereocenters. The molecule has 0 saturated carbocycles. The first-order valence-electron chi connectivity index (χ1n) is 10.7. The molecular formula is C25H25N3O4S. The summed E-state index contributed by atoms with van der Waals surface area (Å²) in [5, 5.41) is 2.84. The van der Waals surface area contributed by atoms with Crippen LogP contribution in [0.3, 0.4) is 0 Å². The molecule has 0 radical (unpaired) electrons. The highest BCUT2D eigenvalue weighted by molar-refractivity contribution is 7.92. The molecular weight excluding hydrogens is 438 g/mol. The largest absolute Gasteiger partial charge is 0.348 e. The van der Waals surface area contributed by atoms with E-state index in [0.717, 1.165) is 29.8 Å². The SMILES string of the molecule is Cc1ccc(S(=O)(=O)Nc2cccc(C(=O)NCc3ccc(N4CCCC4=O)cc3)c2)cc1. The van der Waals surface area contributed by atoms with Crippen molar-refractivity contribution < 1.29 is 18.0 Å². The summed E-state index contributed by atoms with van der Waals surface area (Å²) in [5.74, 6) is -0.181. The van der Waals surface area contributed by atoms with Crippen molar-refractivity contribution in [2.45, 2.75) is 31.2 Å². The molecule has 170 valence electrons. The maximum atomic E-state index is 12.6. The predicted molar refractivity (Wildman–Crippen MR) is 128 cm³/mol. The average molecular weight is 464 g/mol. The molecule has 0 aliphatic carbocycles. The van der Waals surface area contributed by atoms with Crippen molar-refractivity contribution in [1.29, 1.82) is 0 Å².